The zero-order valence-corrected chi connectivity index (χ0v) is 24.8. The summed E-state index contributed by atoms with van der Waals surface area (Å²) in [5.41, 5.74) is 8.06. The van der Waals surface area contributed by atoms with E-state index in [2.05, 4.69) is 17.1 Å². The molecule has 0 bridgehead atoms. The van der Waals surface area contributed by atoms with Gasteiger partial charge in [-0.1, -0.05) is 54.6 Å². The monoisotopic (exact) mass is 596 g/mol. The third-order valence-corrected chi connectivity index (χ3v) is 11.7. The Kier molecular flexibility index (Phi) is 6.77. The number of piperidine rings is 1. The molecule has 1 saturated carbocycles. The molecule has 2 aromatic carbocycles. The van der Waals surface area contributed by atoms with Gasteiger partial charge in [0.05, 0.1) is 27.3 Å². The van der Waals surface area contributed by atoms with Crippen LogP contribution in [0.5, 0.6) is 0 Å². The van der Waals surface area contributed by atoms with Crippen molar-refractivity contribution in [3.05, 3.63) is 71.4 Å². The summed E-state index contributed by atoms with van der Waals surface area (Å²) in [6.07, 6.45) is 4.61. The maximum Gasteiger partial charge on any atom is 0.211 e. The fourth-order valence-electron chi connectivity index (χ4n) is 5.87. The van der Waals surface area contributed by atoms with E-state index in [9.17, 15) is 18.6 Å². The summed E-state index contributed by atoms with van der Waals surface area (Å²) in [4.78, 5) is 11.5. The highest BCUT2D eigenvalue weighted by molar-refractivity contribution is 7.88. The summed E-state index contributed by atoms with van der Waals surface area (Å²) in [6, 6.07) is 18.3. The van der Waals surface area contributed by atoms with Gasteiger partial charge in [0, 0.05) is 30.4 Å². The van der Waals surface area contributed by atoms with Crippen molar-refractivity contribution in [3.8, 4) is 31.6 Å². The molecule has 0 spiro atoms. The van der Waals surface area contributed by atoms with Crippen molar-refractivity contribution in [2.24, 2.45) is 5.73 Å². The van der Waals surface area contributed by atoms with E-state index in [4.69, 9.17) is 10.7 Å². The van der Waals surface area contributed by atoms with Crippen molar-refractivity contribution in [1.29, 1.82) is 0 Å². The van der Waals surface area contributed by atoms with Gasteiger partial charge in [0.2, 0.25) is 10.0 Å². The van der Waals surface area contributed by atoms with Gasteiger partial charge in [-0.3, -0.25) is 0 Å². The van der Waals surface area contributed by atoms with E-state index < -0.39 is 26.8 Å². The predicted molar refractivity (Wildman–Crippen MR) is 159 cm³/mol. The molecule has 210 valence electrons. The second-order valence-corrected chi connectivity index (χ2v) is 15.4. The molecule has 0 radical (unpaired) electrons. The number of sulfonamides is 1. The highest BCUT2D eigenvalue weighted by atomic mass is 32.2. The minimum Gasteiger partial charge on any atom is -0.390 e. The molecular weight excluding hydrogens is 565 g/mol. The van der Waals surface area contributed by atoms with E-state index in [1.54, 1.807) is 17.5 Å². The maximum absolute atomic E-state index is 11.9. The minimum absolute atomic E-state index is 0.265. The van der Waals surface area contributed by atoms with Crippen molar-refractivity contribution < 1.29 is 18.6 Å². The van der Waals surface area contributed by atoms with Crippen molar-refractivity contribution in [3.63, 3.8) is 0 Å². The molecule has 2 aliphatic rings. The molecule has 1 aliphatic carbocycles. The smallest absolute Gasteiger partial charge is 0.211 e. The third-order valence-electron chi connectivity index (χ3n) is 7.92. The highest BCUT2D eigenvalue weighted by Crippen LogP contribution is 2.47. The van der Waals surface area contributed by atoms with Crippen molar-refractivity contribution in [2.75, 3.05) is 19.3 Å². The number of nitrogens with two attached hydrogens (primary N) is 1. The molecular formula is C29H32N4O4S3. The van der Waals surface area contributed by atoms with Crippen molar-refractivity contribution in [1.82, 2.24) is 14.3 Å². The van der Waals surface area contributed by atoms with Crippen LogP contribution in [-0.4, -0.2) is 57.9 Å². The van der Waals surface area contributed by atoms with Gasteiger partial charge in [-0.05, 0) is 43.7 Å². The van der Waals surface area contributed by atoms with Crippen molar-refractivity contribution in [2.45, 2.75) is 49.3 Å². The van der Waals surface area contributed by atoms with Crippen LogP contribution in [-0.2, 0) is 21.2 Å². The molecule has 4 aromatic rings. The number of rotatable bonds is 6. The van der Waals surface area contributed by atoms with Crippen LogP contribution in [0.1, 0.15) is 43.2 Å². The predicted octanol–water partition coefficient (Wildman–Crippen LogP) is 4.54. The number of hydrogen-bond acceptors (Lipinski definition) is 9. The molecule has 11 heteroatoms. The lowest BCUT2D eigenvalue weighted by Gasteiger charge is -2.49. The number of nitrogens with zero attached hydrogens (tertiary/aromatic N) is 3. The second kappa shape index (κ2) is 9.80. The Bertz CT molecular complexity index is 1630. The third kappa shape index (κ3) is 5.16. The highest BCUT2D eigenvalue weighted by Gasteiger charge is 2.49. The van der Waals surface area contributed by atoms with Crippen molar-refractivity contribution >= 4 is 32.7 Å². The average molecular weight is 597 g/mol. The van der Waals surface area contributed by atoms with Crippen LogP contribution in [0.3, 0.4) is 0 Å². The largest absolute Gasteiger partial charge is 0.390 e. The summed E-state index contributed by atoms with van der Waals surface area (Å²) in [5.74, 6) is 0. The van der Waals surface area contributed by atoms with E-state index in [1.165, 1.54) is 21.9 Å². The summed E-state index contributed by atoms with van der Waals surface area (Å²) in [6.45, 7) is 2.35. The SMILES string of the molecule is CS(=O)(=O)N1CCC(O)(c2ncc(-c3nc(-c4ccc([C@]5(N)C[C@](C)(O)C5)cc4)c(-c4ccccc4)s3)s2)CC1. The average Bonchev–Trinajstić information content (AvgIpc) is 3.56. The zero-order valence-electron chi connectivity index (χ0n) is 22.4. The number of hydrogen-bond donors (Lipinski definition) is 3. The molecule has 6 rings (SSSR count). The number of aromatic nitrogens is 2. The van der Waals surface area contributed by atoms with Gasteiger partial charge >= 0.3 is 0 Å². The van der Waals surface area contributed by atoms with E-state index >= 15 is 0 Å². The normalized spacial score (nSPS) is 25.0. The lowest BCUT2D eigenvalue weighted by atomic mass is 9.63. The molecule has 3 heterocycles. The van der Waals surface area contributed by atoms with Crippen LogP contribution in [0.2, 0.25) is 0 Å². The molecule has 8 nitrogen and oxygen atoms in total. The van der Waals surface area contributed by atoms with Gasteiger partial charge in [-0.2, -0.15) is 0 Å². The van der Waals surface area contributed by atoms with Gasteiger partial charge in [0.15, 0.2) is 0 Å². The Balaban J connectivity index is 1.31. The van der Waals surface area contributed by atoms with Gasteiger partial charge < -0.3 is 15.9 Å². The molecule has 4 N–H and O–H groups in total. The number of aliphatic hydroxyl groups is 2. The van der Waals surface area contributed by atoms with Crippen LogP contribution in [0.15, 0.2) is 60.8 Å². The lowest BCUT2D eigenvalue weighted by Crippen LogP contribution is -2.58. The first-order chi connectivity index (χ1) is 18.9. The Labute approximate surface area is 242 Å². The first kappa shape index (κ1) is 27.6. The number of benzene rings is 2. The van der Waals surface area contributed by atoms with Crippen LogP contribution in [0.25, 0.3) is 31.6 Å². The molecule has 40 heavy (non-hydrogen) atoms. The fraction of sp³-hybridized carbons (Fsp3) is 0.379. The molecule has 2 aromatic heterocycles. The first-order valence-corrected chi connectivity index (χ1v) is 16.7. The Hall–Kier alpha value is -2.51. The summed E-state index contributed by atoms with van der Waals surface area (Å²) in [5, 5.41) is 23.0. The van der Waals surface area contributed by atoms with Gasteiger partial charge in [-0.15, -0.1) is 22.7 Å². The standard InChI is InChI=1S/C29H32N4O4S3/c1-27(34)17-28(30,18-27)21-10-8-19(9-11-21)23-24(20-6-4-3-5-7-20)39-25(32-23)22-16-31-26(38-22)29(35)12-14-33(15-13-29)40(2,36)37/h3-11,16,34-35H,12-15,17-18,30H2,1-2H3/t27-,28-. The fourth-order valence-corrected chi connectivity index (χ4v) is 8.91. The topological polar surface area (TPSA) is 130 Å². The Morgan fingerprint density at radius 3 is 2.20 bits per heavy atom. The van der Waals surface area contributed by atoms with E-state index in [1.807, 2.05) is 49.4 Å². The number of thiazole rings is 2. The van der Waals surface area contributed by atoms with Crippen LogP contribution >= 0.6 is 22.7 Å². The molecule has 1 aliphatic heterocycles. The lowest BCUT2D eigenvalue weighted by molar-refractivity contribution is -0.0738. The van der Waals surface area contributed by atoms with Crippen LogP contribution in [0, 0.1) is 0 Å². The first-order valence-electron chi connectivity index (χ1n) is 13.2. The van der Waals surface area contributed by atoms with Crippen LogP contribution in [0.4, 0.5) is 0 Å². The summed E-state index contributed by atoms with van der Waals surface area (Å²) < 4.78 is 25.2. The molecule has 0 unspecified atom stereocenters. The molecule has 0 amide bonds. The Morgan fingerprint density at radius 1 is 0.950 bits per heavy atom. The maximum atomic E-state index is 11.9. The quantitative estimate of drug-likeness (QED) is 0.298. The molecule has 0 atom stereocenters. The van der Waals surface area contributed by atoms with E-state index in [-0.39, 0.29) is 13.1 Å². The van der Waals surface area contributed by atoms with Gasteiger partial charge in [-0.25, -0.2) is 22.7 Å². The van der Waals surface area contributed by atoms with Gasteiger partial charge in [0.1, 0.15) is 15.6 Å². The Morgan fingerprint density at radius 2 is 1.60 bits per heavy atom. The van der Waals surface area contributed by atoms with Gasteiger partial charge in [0.25, 0.3) is 0 Å². The summed E-state index contributed by atoms with van der Waals surface area (Å²) in [7, 11) is -3.29. The van der Waals surface area contributed by atoms with E-state index in [0.717, 1.165) is 37.1 Å². The molecule has 1 saturated heterocycles. The minimum atomic E-state index is -3.29. The zero-order chi connectivity index (χ0) is 28.3. The van der Waals surface area contributed by atoms with Crippen LogP contribution < -0.4 is 5.73 Å². The second-order valence-electron chi connectivity index (χ2n) is 11.4. The summed E-state index contributed by atoms with van der Waals surface area (Å²) >= 11 is 2.99. The molecule has 2 fully saturated rings. The van der Waals surface area contributed by atoms with E-state index in [0.29, 0.717) is 30.7 Å².